The van der Waals surface area contributed by atoms with Crippen LogP contribution < -0.4 is 10.5 Å². The summed E-state index contributed by atoms with van der Waals surface area (Å²) >= 11 is 0. The van der Waals surface area contributed by atoms with E-state index >= 15 is 0 Å². The number of urea groups is 1. The second-order valence-electron chi connectivity index (χ2n) is 8.00. The number of nitrogens with two attached hydrogens (primary N) is 1. The van der Waals surface area contributed by atoms with Gasteiger partial charge in [-0.3, -0.25) is 4.98 Å². The van der Waals surface area contributed by atoms with E-state index in [-0.39, 0.29) is 10.1 Å². The maximum absolute atomic E-state index is 13.9. The van der Waals surface area contributed by atoms with Crippen LogP contribution in [0, 0.1) is 5.82 Å². The number of halogens is 3. The van der Waals surface area contributed by atoms with Gasteiger partial charge in [0.1, 0.15) is 0 Å². The van der Waals surface area contributed by atoms with Gasteiger partial charge in [-0.25, -0.2) is 23.2 Å². The van der Waals surface area contributed by atoms with Gasteiger partial charge in [0.15, 0.2) is 15.7 Å². The lowest BCUT2D eigenvalue weighted by molar-refractivity contribution is 0.0552. The molecule has 30 heavy (non-hydrogen) atoms. The third-order valence-electron chi connectivity index (χ3n) is 6.12. The van der Waals surface area contributed by atoms with Gasteiger partial charge in [0, 0.05) is 11.1 Å². The summed E-state index contributed by atoms with van der Waals surface area (Å²) < 4.78 is 55.3. The quantitative estimate of drug-likeness (QED) is 0.762. The van der Waals surface area contributed by atoms with Crippen molar-refractivity contribution in [3.05, 3.63) is 34.5 Å². The molecule has 0 aliphatic heterocycles. The van der Waals surface area contributed by atoms with Crippen molar-refractivity contribution in [2.24, 2.45) is 9.50 Å². The predicted molar refractivity (Wildman–Crippen MR) is 101 cm³/mol. The molecule has 3 aliphatic rings. The highest BCUT2D eigenvalue weighted by Crippen LogP contribution is 2.58. The summed E-state index contributed by atoms with van der Waals surface area (Å²) in [6, 6.07) is -1.03. The van der Waals surface area contributed by atoms with Crippen LogP contribution in [0.1, 0.15) is 54.7 Å². The van der Waals surface area contributed by atoms with Gasteiger partial charge in [0.05, 0.1) is 17.6 Å². The topological polar surface area (TPSA) is 115 Å². The van der Waals surface area contributed by atoms with Gasteiger partial charge in [-0.1, -0.05) is 0 Å². The molecular formula is C18H19F3N6O2S. The number of hydrogen-bond acceptors (Lipinski definition) is 4. The number of alkyl halides is 2. The van der Waals surface area contributed by atoms with Crippen LogP contribution in [-0.4, -0.2) is 25.0 Å². The first kappa shape index (κ1) is 19.5. The van der Waals surface area contributed by atoms with Crippen molar-refractivity contribution >= 4 is 21.6 Å². The Morgan fingerprint density at radius 2 is 2.03 bits per heavy atom. The van der Waals surface area contributed by atoms with Gasteiger partial charge in [-0.2, -0.15) is 13.9 Å². The average Bonchev–Trinajstić information content (AvgIpc) is 3.00. The third-order valence-corrected chi connectivity index (χ3v) is 7.39. The fraction of sp³-hybridized carbons (Fsp3) is 0.500. The molecule has 3 aliphatic carbocycles. The van der Waals surface area contributed by atoms with Crippen molar-refractivity contribution in [3.63, 3.8) is 0 Å². The first-order valence-electron chi connectivity index (χ1n) is 9.64. The predicted octanol–water partition coefficient (Wildman–Crippen LogP) is 3.21. The Hall–Kier alpha value is -2.47. The van der Waals surface area contributed by atoms with Crippen LogP contribution in [0.3, 0.4) is 0 Å². The molecule has 1 atom stereocenters. The Bertz CT molecular complexity index is 1200. The normalized spacial score (nSPS) is 20.2. The molecule has 0 aromatic carbocycles. The van der Waals surface area contributed by atoms with E-state index < -0.39 is 33.3 Å². The number of aryl methyl sites for hydroxylation is 1. The number of pyridine rings is 1. The van der Waals surface area contributed by atoms with Crippen molar-refractivity contribution in [1.29, 1.82) is 0 Å². The second kappa shape index (κ2) is 6.51. The molecule has 160 valence electrons. The zero-order valence-electron chi connectivity index (χ0n) is 15.8. The van der Waals surface area contributed by atoms with Crippen molar-refractivity contribution in [3.8, 4) is 0 Å². The third kappa shape index (κ3) is 3.00. The fourth-order valence-electron chi connectivity index (χ4n) is 4.52. The number of fused-ring (bicyclic) bond motifs is 3. The van der Waals surface area contributed by atoms with Crippen molar-refractivity contribution in [2.45, 2.75) is 61.9 Å². The molecule has 0 bridgehead atoms. The molecule has 0 saturated heterocycles. The van der Waals surface area contributed by atoms with Gasteiger partial charge in [0.25, 0.3) is 0 Å². The highest BCUT2D eigenvalue weighted by molar-refractivity contribution is 7.91. The Kier molecular flexibility index (Phi) is 4.23. The number of carbonyl (C=O) groups excluding carboxylic acids is 1. The summed E-state index contributed by atoms with van der Waals surface area (Å²) in [6.45, 7) is -3.14. The van der Waals surface area contributed by atoms with Gasteiger partial charge in [-0.05, 0) is 56.1 Å². The summed E-state index contributed by atoms with van der Waals surface area (Å²) in [5.41, 5.74) is 4.61. The smallest absolute Gasteiger partial charge is 0.305 e. The zero-order chi connectivity index (χ0) is 21.3. The zero-order valence-corrected chi connectivity index (χ0v) is 16.6. The van der Waals surface area contributed by atoms with Crippen molar-refractivity contribution < 1.29 is 22.2 Å². The fourth-order valence-corrected chi connectivity index (χ4v) is 5.45. The molecule has 12 heteroatoms. The van der Waals surface area contributed by atoms with Gasteiger partial charge in [-0.15, -0.1) is 4.36 Å². The molecular weight excluding hydrogens is 421 g/mol. The lowest BCUT2D eigenvalue weighted by atomic mass is 10.0. The first-order chi connectivity index (χ1) is 14.2. The first-order valence-corrected chi connectivity index (χ1v) is 11.2. The van der Waals surface area contributed by atoms with Crippen LogP contribution >= 0.6 is 0 Å². The number of amides is 2. The summed E-state index contributed by atoms with van der Waals surface area (Å²) in [4.78, 5) is 17.4. The molecule has 0 radical (unpaired) electrons. The minimum Gasteiger partial charge on any atom is -0.305 e. The second-order valence-corrected chi connectivity index (χ2v) is 9.71. The molecule has 1 fully saturated rings. The number of aromatic nitrogens is 3. The van der Waals surface area contributed by atoms with E-state index in [0.717, 1.165) is 67.5 Å². The molecule has 5 rings (SSSR count). The van der Waals surface area contributed by atoms with Crippen LogP contribution in [0.15, 0.2) is 15.6 Å². The molecule has 1 unspecified atom stereocenters. The summed E-state index contributed by atoms with van der Waals surface area (Å²) in [7, 11) is -4.15. The Morgan fingerprint density at radius 3 is 2.70 bits per heavy atom. The van der Waals surface area contributed by atoms with Gasteiger partial charge in [0.2, 0.25) is 5.03 Å². The Balaban J connectivity index is 1.50. The molecule has 8 nitrogen and oxygen atoms in total. The van der Waals surface area contributed by atoms with Crippen LogP contribution in [0.4, 0.5) is 23.7 Å². The van der Waals surface area contributed by atoms with E-state index in [2.05, 4.69) is 14.8 Å². The highest BCUT2D eigenvalue weighted by Gasteiger charge is 2.51. The minimum absolute atomic E-state index is 0.0255. The number of rotatable bonds is 3. The summed E-state index contributed by atoms with van der Waals surface area (Å²) in [6.07, 6.45) is 6.75. The number of hydrogen-bond donors (Lipinski definition) is 2. The van der Waals surface area contributed by atoms with E-state index in [9.17, 15) is 22.2 Å². The largest absolute Gasteiger partial charge is 0.354 e. The van der Waals surface area contributed by atoms with E-state index in [1.807, 2.05) is 0 Å². The number of anilines is 1. The van der Waals surface area contributed by atoms with Crippen LogP contribution in [0.5, 0.6) is 0 Å². The molecule has 2 aromatic rings. The lowest BCUT2D eigenvalue weighted by Crippen LogP contribution is -2.20. The molecule has 2 amide bonds. The van der Waals surface area contributed by atoms with Gasteiger partial charge < -0.3 is 5.32 Å². The monoisotopic (exact) mass is 440 g/mol. The summed E-state index contributed by atoms with van der Waals surface area (Å²) in [5.74, 6) is -1.32. The number of nitrogens with zero attached hydrogens (tertiary/aromatic N) is 4. The Labute approximate surface area is 170 Å². The Morgan fingerprint density at radius 1 is 1.27 bits per heavy atom. The molecule has 3 N–H and O–H groups in total. The van der Waals surface area contributed by atoms with Crippen molar-refractivity contribution in [1.82, 2.24) is 14.8 Å². The van der Waals surface area contributed by atoms with E-state index in [1.165, 1.54) is 0 Å². The minimum atomic E-state index is -4.15. The SMILES string of the molecule is NS(=O)(=NC(=O)Nc1c2c(nc3c1CCC31CC1)CCC2)c1nn(C(F)F)cc1F. The van der Waals surface area contributed by atoms with Crippen LogP contribution in [0.2, 0.25) is 0 Å². The summed E-state index contributed by atoms with van der Waals surface area (Å²) in [5, 5.41) is 10.4. The maximum atomic E-state index is 13.9. The van der Waals surface area contributed by atoms with E-state index in [1.54, 1.807) is 0 Å². The molecule has 2 aromatic heterocycles. The van der Waals surface area contributed by atoms with Gasteiger partial charge >= 0.3 is 12.6 Å². The molecule has 1 spiro atoms. The van der Waals surface area contributed by atoms with Crippen LogP contribution in [-0.2, 0) is 34.6 Å². The lowest BCUT2D eigenvalue weighted by Gasteiger charge is -2.16. The number of carbonyl (C=O) groups is 1. The standard InChI is InChI=1S/C18H19F3N6O2S/c19-11-8-27(16(20)21)25-15(11)30(22,29)26-17(28)24-13-9-2-1-3-12(9)23-14-10(13)4-5-18(14)6-7-18/h8,16H,1-7H2,(H3,22,23,24,26,28,29). The van der Waals surface area contributed by atoms with E-state index in [0.29, 0.717) is 11.9 Å². The maximum Gasteiger partial charge on any atom is 0.354 e. The molecule has 2 heterocycles. The number of nitrogens with one attached hydrogen (secondary N) is 1. The molecule has 1 saturated carbocycles. The van der Waals surface area contributed by atoms with Crippen LogP contribution in [0.25, 0.3) is 0 Å². The average molecular weight is 440 g/mol. The van der Waals surface area contributed by atoms with Crippen molar-refractivity contribution in [2.75, 3.05) is 5.32 Å². The highest BCUT2D eigenvalue weighted by atomic mass is 32.2. The van der Waals surface area contributed by atoms with E-state index in [4.69, 9.17) is 10.1 Å².